The zero-order valence-electron chi connectivity index (χ0n) is 21.4. The molecule has 3 heteroatoms. The van der Waals surface area contributed by atoms with Crippen LogP contribution in [0, 0.1) is 5.41 Å². The van der Waals surface area contributed by atoms with Crippen LogP contribution in [0.2, 0.25) is 0 Å². The molecular weight excluding hydrogens is 438 g/mol. The predicted octanol–water partition coefficient (Wildman–Crippen LogP) is 9.57. The molecule has 0 saturated carbocycles. The van der Waals surface area contributed by atoms with E-state index in [-0.39, 0.29) is 6.61 Å². The average Bonchev–Trinajstić information content (AvgIpc) is 2.89. The van der Waals surface area contributed by atoms with E-state index in [1.807, 2.05) is 18.2 Å². The van der Waals surface area contributed by atoms with Crippen LogP contribution in [-0.2, 0) is 17.6 Å². The summed E-state index contributed by atoms with van der Waals surface area (Å²) in [5.74, 6) is 0. The van der Waals surface area contributed by atoms with Crippen molar-refractivity contribution >= 4 is 5.57 Å². The van der Waals surface area contributed by atoms with Crippen molar-refractivity contribution in [3.8, 4) is 0 Å². The number of alkyl halides is 2. The minimum Gasteiger partial charge on any atom is -0.322 e. The zero-order valence-corrected chi connectivity index (χ0v) is 21.4. The smallest absolute Gasteiger partial charge is 0.322 e. The second-order valence-corrected chi connectivity index (χ2v) is 10.0. The minimum atomic E-state index is -2.74. The van der Waals surface area contributed by atoms with Crippen molar-refractivity contribution in [3.63, 3.8) is 0 Å². The number of benzene rings is 2. The van der Waals surface area contributed by atoms with E-state index >= 15 is 0 Å². The third kappa shape index (κ3) is 9.72. The van der Waals surface area contributed by atoms with E-state index in [1.54, 1.807) is 0 Å². The molecule has 0 aromatic heterocycles. The molecule has 3 rings (SSSR count). The molecule has 0 saturated heterocycles. The summed E-state index contributed by atoms with van der Waals surface area (Å²) >= 11 is 0. The van der Waals surface area contributed by atoms with E-state index in [0.29, 0.717) is 6.42 Å². The van der Waals surface area contributed by atoms with Gasteiger partial charge in [-0.2, -0.15) is 8.78 Å². The molecule has 0 amide bonds. The van der Waals surface area contributed by atoms with Crippen LogP contribution < -0.4 is 0 Å². The molecule has 0 aliphatic heterocycles. The SMILES string of the molecule is CCCCCCCCCCc1ccc(CCC2(COC(F)F)C=CC(c3ccccc3)=CC2)cc1. The van der Waals surface area contributed by atoms with Gasteiger partial charge in [0.2, 0.25) is 0 Å². The van der Waals surface area contributed by atoms with Crippen LogP contribution in [0.25, 0.3) is 5.57 Å². The highest BCUT2D eigenvalue weighted by molar-refractivity contribution is 5.75. The van der Waals surface area contributed by atoms with Crippen LogP contribution in [0.4, 0.5) is 8.78 Å². The Kier molecular flexibility index (Phi) is 11.7. The molecule has 0 spiro atoms. The summed E-state index contributed by atoms with van der Waals surface area (Å²) in [6.07, 6.45) is 20.5. The van der Waals surface area contributed by atoms with Crippen molar-refractivity contribution in [3.05, 3.63) is 89.5 Å². The summed E-state index contributed by atoms with van der Waals surface area (Å²) in [5, 5.41) is 0. The van der Waals surface area contributed by atoms with Crippen LogP contribution in [0.3, 0.4) is 0 Å². The number of unbranched alkanes of at least 4 members (excludes halogenated alkanes) is 7. The lowest BCUT2D eigenvalue weighted by atomic mass is 9.75. The van der Waals surface area contributed by atoms with Crippen molar-refractivity contribution in [1.82, 2.24) is 0 Å². The monoisotopic (exact) mass is 480 g/mol. The molecule has 0 bridgehead atoms. The van der Waals surface area contributed by atoms with Gasteiger partial charge in [0.05, 0.1) is 6.61 Å². The molecule has 0 heterocycles. The summed E-state index contributed by atoms with van der Waals surface area (Å²) < 4.78 is 30.5. The van der Waals surface area contributed by atoms with Gasteiger partial charge in [-0.05, 0) is 54.4 Å². The predicted molar refractivity (Wildman–Crippen MR) is 144 cm³/mol. The maximum Gasteiger partial charge on any atom is 0.345 e. The largest absolute Gasteiger partial charge is 0.345 e. The van der Waals surface area contributed by atoms with Gasteiger partial charge in [0.25, 0.3) is 0 Å². The summed E-state index contributed by atoms with van der Waals surface area (Å²) in [7, 11) is 0. The van der Waals surface area contributed by atoms with Crippen molar-refractivity contribution in [2.75, 3.05) is 6.61 Å². The van der Waals surface area contributed by atoms with E-state index in [1.165, 1.54) is 62.5 Å². The van der Waals surface area contributed by atoms with Gasteiger partial charge in [-0.3, -0.25) is 0 Å². The first-order chi connectivity index (χ1) is 17.1. The van der Waals surface area contributed by atoms with E-state index in [2.05, 4.69) is 61.5 Å². The first kappa shape index (κ1) is 27.3. The van der Waals surface area contributed by atoms with Gasteiger partial charge < -0.3 is 4.74 Å². The number of halogens is 2. The molecule has 1 nitrogen and oxygen atoms in total. The lowest BCUT2D eigenvalue weighted by molar-refractivity contribution is -0.147. The minimum absolute atomic E-state index is 0.0380. The summed E-state index contributed by atoms with van der Waals surface area (Å²) in [4.78, 5) is 0. The standard InChI is InChI=1S/C32H42F2O/c1-2-3-4-5-6-7-8-10-13-27-16-18-28(19-17-27)20-23-32(26-35-31(33)34)24-21-30(22-25-32)29-14-11-9-12-15-29/h9,11-12,14-19,21-22,24,31H,2-8,10,13,20,23,25-26H2,1H3. The normalized spacial score (nSPS) is 17.7. The fourth-order valence-electron chi connectivity index (χ4n) is 4.88. The number of ether oxygens (including phenoxy) is 1. The molecule has 1 aliphatic rings. The molecule has 190 valence electrons. The Hall–Kier alpha value is -2.26. The molecule has 0 N–H and O–H groups in total. The third-order valence-electron chi connectivity index (χ3n) is 7.20. The highest BCUT2D eigenvalue weighted by atomic mass is 19.3. The van der Waals surface area contributed by atoms with Crippen LogP contribution >= 0.6 is 0 Å². The molecule has 35 heavy (non-hydrogen) atoms. The van der Waals surface area contributed by atoms with Crippen LogP contribution in [0.1, 0.15) is 87.8 Å². The van der Waals surface area contributed by atoms with Crippen molar-refractivity contribution in [2.24, 2.45) is 5.41 Å². The number of rotatable bonds is 16. The lowest BCUT2D eigenvalue weighted by Gasteiger charge is -2.32. The molecule has 2 aromatic carbocycles. The molecule has 2 aromatic rings. The Morgan fingerprint density at radius 3 is 2.03 bits per heavy atom. The fourth-order valence-corrected chi connectivity index (χ4v) is 4.88. The Balaban J connectivity index is 1.47. The quantitative estimate of drug-likeness (QED) is 0.217. The Morgan fingerprint density at radius 2 is 1.43 bits per heavy atom. The Bertz CT molecular complexity index is 901. The van der Waals surface area contributed by atoms with Crippen molar-refractivity contribution in [2.45, 2.75) is 90.6 Å². The average molecular weight is 481 g/mol. The summed E-state index contributed by atoms with van der Waals surface area (Å²) in [6, 6.07) is 19.1. The second-order valence-electron chi connectivity index (χ2n) is 10.0. The molecule has 1 aliphatic carbocycles. The number of hydrogen-bond donors (Lipinski definition) is 0. The van der Waals surface area contributed by atoms with Gasteiger partial charge in [0.1, 0.15) is 0 Å². The highest BCUT2D eigenvalue weighted by Gasteiger charge is 2.30. The molecular formula is C32H42F2O. The van der Waals surface area contributed by atoms with Crippen molar-refractivity contribution in [1.29, 1.82) is 0 Å². The molecule has 1 unspecified atom stereocenters. The van der Waals surface area contributed by atoms with Gasteiger partial charge in [0, 0.05) is 5.41 Å². The Labute approximate surface area is 211 Å². The maximum absolute atomic E-state index is 12.9. The van der Waals surface area contributed by atoms with E-state index in [0.717, 1.165) is 30.4 Å². The number of aryl methyl sites for hydroxylation is 2. The van der Waals surface area contributed by atoms with E-state index in [4.69, 9.17) is 4.74 Å². The molecule has 0 radical (unpaired) electrons. The van der Waals surface area contributed by atoms with Crippen LogP contribution in [0.5, 0.6) is 0 Å². The third-order valence-corrected chi connectivity index (χ3v) is 7.20. The number of hydrogen-bond acceptors (Lipinski definition) is 1. The summed E-state index contributed by atoms with van der Waals surface area (Å²) in [5.41, 5.74) is 4.54. The van der Waals surface area contributed by atoms with Gasteiger partial charge in [0.15, 0.2) is 0 Å². The number of allylic oxidation sites excluding steroid dienone is 3. The van der Waals surface area contributed by atoms with Gasteiger partial charge >= 0.3 is 6.61 Å². The maximum atomic E-state index is 12.9. The second kappa shape index (κ2) is 15.0. The van der Waals surface area contributed by atoms with Gasteiger partial charge in [-0.15, -0.1) is 0 Å². The fraction of sp³-hybridized carbons (Fsp3) is 0.500. The molecule has 1 atom stereocenters. The topological polar surface area (TPSA) is 9.23 Å². The van der Waals surface area contributed by atoms with Gasteiger partial charge in [-0.1, -0.05) is 125 Å². The zero-order chi connectivity index (χ0) is 24.8. The lowest BCUT2D eigenvalue weighted by Crippen LogP contribution is -2.28. The van der Waals surface area contributed by atoms with E-state index in [9.17, 15) is 8.78 Å². The van der Waals surface area contributed by atoms with Crippen LogP contribution in [-0.4, -0.2) is 13.2 Å². The first-order valence-corrected chi connectivity index (χ1v) is 13.5. The van der Waals surface area contributed by atoms with Gasteiger partial charge in [-0.25, -0.2) is 0 Å². The highest BCUT2D eigenvalue weighted by Crippen LogP contribution is 2.38. The van der Waals surface area contributed by atoms with E-state index < -0.39 is 12.0 Å². The first-order valence-electron chi connectivity index (χ1n) is 13.5. The Morgan fingerprint density at radius 1 is 0.800 bits per heavy atom. The van der Waals surface area contributed by atoms with Crippen LogP contribution in [0.15, 0.2) is 72.8 Å². The van der Waals surface area contributed by atoms with Crippen molar-refractivity contribution < 1.29 is 13.5 Å². The molecule has 0 fully saturated rings. The summed E-state index contributed by atoms with van der Waals surface area (Å²) in [6.45, 7) is -0.441.